The summed E-state index contributed by atoms with van der Waals surface area (Å²) in [5.74, 6) is 0.669. The van der Waals surface area contributed by atoms with Crippen molar-refractivity contribution in [2.24, 2.45) is 5.92 Å². The maximum atomic E-state index is 3.59. The fourth-order valence-corrected chi connectivity index (χ4v) is 2.09. The van der Waals surface area contributed by atoms with Gasteiger partial charge in [0.25, 0.3) is 0 Å². The molecule has 2 heteroatoms. The van der Waals surface area contributed by atoms with Crippen LogP contribution < -0.4 is 5.32 Å². The maximum Gasteiger partial charge on any atom is 0.0710 e. The van der Waals surface area contributed by atoms with Crippen LogP contribution in [0.15, 0.2) is 0 Å². The first-order chi connectivity index (χ1) is 5.48. The third-order valence-corrected chi connectivity index (χ3v) is 3.18. The van der Waals surface area contributed by atoms with E-state index in [1.54, 1.807) is 0 Å². The fourth-order valence-electron chi connectivity index (χ4n) is 2.09. The minimum absolute atomic E-state index is 0.216. The van der Waals surface area contributed by atoms with Crippen LogP contribution in [-0.2, 0) is 0 Å². The Morgan fingerprint density at radius 3 is 2.17 bits per heavy atom. The summed E-state index contributed by atoms with van der Waals surface area (Å²) in [6.07, 6.45) is 0. The van der Waals surface area contributed by atoms with Gasteiger partial charge < -0.3 is 0 Å². The highest BCUT2D eigenvalue weighted by Crippen LogP contribution is 2.26. The maximum absolute atomic E-state index is 3.59. The Morgan fingerprint density at radius 1 is 1.25 bits per heavy atom. The average Bonchev–Trinajstić information content (AvgIpc) is 2.32. The molecule has 1 N–H and O–H groups in total. The fraction of sp³-hybridized carbons (Fsp3) is 1.00. The van der Waals surface area contributed by atoms with Crippen molar-refractivity contribution in [1.82, 2.24) is 10.2 Å². The summed E-state index contributed by atoms with van der Waals surface area (Å²) in [5, 5.41) is 3.59. The molecule has 1 atom stereocenters. The summed E-state index contributed by atoms with van der Waals surface area (Å²) < 4.78 is 0. The normalized spacial score (nSPS) is 32.2. The molecule has 0 aromatic carbocycles. The van der Waals surface area contributed by atoms with E-state index in [1.807, 2.05) is 0 Å². The van der Waals surface area contributed by atoms with E-state index in [0.717, 1.165) is 6.54 Å². The van der Waals surface area contributed by atoms with Gasteiger partial charge in [0, 0.05) is 19.1 Å². The molecular weight excluding hydrogens is 148 g/mol. The molecule has 0 spiro atoms. The molecule has 0 bridgehead atoms. The lowest BCUT2D eigenvalue weighted by molar-refractivity contribution is 0.0592. The molecule has 0 aliphatic carbocycles. The van der Waals surface area contributed by atoms with Crippen LogP contribution in [-0.4, -0.2) is 29.7 Å². The Morgan fingerprint density at radius 2 is 1.83 bits per heavy atom. The zero-order valence-corrected chi connectivity index (χ0v) is 9.02. The van der Waals surface area contributed by atoms with Crippen molar-refractivity contribution >= 4 is 0 Å². The van der Waals surface area contributed by atoms with Crippen molar-refractivity contribution in [1.29, 1.82) is 0 Å². The van der Waals surface area contributed by atoms with E-state index in [9.17, 15) is 0 Å². The van der Waals surface area contributed by atoms with Crippen LogP contribution in [0, 0.1) is 5.92 Å². The second-order valence-corrected chi connectivity index (χ2v) is 4.52. The second kappa shape index (κ2) is 3.35. The predicted octanol–water partition coefficient (Wildman–Crippen LogP) is 1.67. The van der Waals surface area contributed by atoms with Crippen LogP contribution in [0.4, 0.5) is 0 Å². The minimum Gasteiger partial charge on any atom is -0.298 e. The molecule has 1 saturated heterocycles. The van der Waals surface area contributed by atoms with E-state index in [4.69, 9.17) is 0 Å². The summed E-state index contributed by atoms with van der Waals surface area (Å²) >= 11 is 0. The number of nitrogens with one attached hydrogen (secondary N) is 1. The molecule has 1 unspecified atom stereocenters. The van der Waals surface area contributed by atoms with Crippen LogP contribution in [0.2, 0.25) is 0 Å². The molecule has 12 heavy (non-hydrogen) atoms. The van der Waals surface area contributed by atoms with Gasteiger partial charge in [0.15, 0.2) is 0 Å². The smallest absolute Gasteiger partial charge is 0.0710 e. The molecule has 1 heterocycles. The zero-order valence-electron chi connectivity index (χ0n) is 9.02. The lowest BCUT2D eigenvalue weighted by Gasteiger charge is -2.41. The molecule has 0 saturated carbocycles. The summed E-state index contributed by atoms with van der Waals surface area (Å²) in [4.78, 5) is 2.55. The summed E-state index contributed by atoms with van der Waals surface area (Å²) in [6, 6.07) is 0.646. The zero-order chi connectivity index (χ0) is 9.35. The molecule has 1 aliphatic rings. The third-order valence-electron chi connectivity index (χ3n) is 3.18. The van der Waals surface area contributed by atoms with Gasteiger partial charge in [-0.3, -0.25) is 10.2 Å². The Balaban J connectivity index is 2.74. The summed E-state index contributed by atoms with van der Waals surface area (Å²) in [7, 11) is 0. The lowest BCUT2D eigenvalue weighted by atomic mass is 9.96. The van der Waals surface area contributed by atoms with Gasteiger partial charge in [0.2, 0.25) is 0 Å². The standard InChI is InChI=1S/C10H22N2/c1-8(2)10(5)11-6-7-12(10)9(3)4/h8-9,11H,6-7H2,1-5H3. The molecule has 1 rings (SSSR count). The van der Waals surface area contributed by atoms with Crippen LogP contribution in [0.5, 0.6) is 0 Å². The summed E-state index contributed by atoms with van der Waals surface area (Å²) in [5.41, 5.74) is 0.216. The van der Waals surface area contributed by atoms with Gasteiger partial charge in [-0.1, -0.05) is 13.8 Å². The van der Waals surface area contributed by atoms with E-state index < -0.39 is 0 Å². The van der Waals surface area contributed by atoms with E-state index in [-0.39, 0.29) is 5.66 Å². The Bertz CT molecular complexity index is 154. The topological polar surface area (TPSA) is 15.3 Å². The number of hydrogen-bond donors (Lipinski definition) is 1. The van der Waals surface area contributed by atoms with E-state index in [1.165, 1.54) is 6.54 Å². The Kier molecular flexibility index (Phi) is 2.79. The Hall–Kier alpha value is -0.0800. The van der Waals surface area contributed by atoms with Gasteiger partial charge in [0.05, 0.1) is 5.66 Å². The first kappa shape index (κ1) is 10.0. The number of hydrogen-bond acceptors (Lipinski definition) is 2. The van der Waals surface area contributed by atoms with E-state index in [0.29, 0.717) is 12.0 Å². The molecule has 2 nitrogen and oxygen atoms in total. The molecule has 0 aromatic heterocycles. The van der Waals surface area contributed by atoms with Gasteiger partial charge in [-0.2, -0.15) is 0 Å². The predicted molar refractivity (Wildman–Crippen MR) is 53.1 cm³/mol. The highest BCUT2D eigenvalue weighted by molar-refractivity contribution is 4.93. The molecule has 1 fully saturated rings. The van der Waals surface area contributed by atoms with Crippen LogP contribution in [0.1, 0.15) is 34.6 Å². The summed E-state index contributed by atoms with van der Waals surface area (Å²) in [6.45, 7) is 13.7. The van der Waals surface area contributed by atoms with Crippen LogP contribution in [0.25, 0.3) is 0 Å². The molecule has 0 radical (unpaired) electrons. The number of nitrogens with zero attached hydrogens (tertiary/aromatic N) is 1. The van der Waals surface area contributed by atoms with Crippen molar-refractivity contribution in [2.75, 3.05) is 13.1 Å². The molecular formula is C10H22N2. The molecule has 0 aromatic rings. The van der Waals surface area contributed by atoms with Crippen molar-refractivity contribution in [3.05, 3.63) is 0 Å². The quantitative estimate of drug-likeness (QED) is 0.678. The van der Waals surface area contributed by atoms with E-state index in [2.05, 4.69) is 44.8 Å². The van der Waals surface area contributed by atoms with Crippen molar-refractivity contribution < 1.29 is 0 Å². The first-order valence-corrected chi connectivity index (χ1v) is 5.00. The van der Waals surface area contributed by atoms with Crippen LogP contribution >= 0.6 is 0 Å². The van der Waals surface area contributed by atoms with E-state index >= 15 is 0 Å². The van der Waals surface area contributed by atoms with Crippen molar-refractivity contribution in [3.63, 3.8) is 0 Å². The van der Waals surface area contributed by atoms with Gasteiger partial charge in [-0.05, 0) is 26.7 Å². The molecule has 72 valence electrons. The second-order valence-electron chi connectivity index (χ2n) is 4.52. The average molecular weight is 170 g/mol. The third kappa shape index (κ3) is 1.50. The lowest BCUT2D eigenvalue weighted by Crippen LogP contribution is -2.55. The molecule has 1 aliphatic heterocycles. The highest BCUT2D eigenvalue weighted by Gasteiger charge is 2.39. The highest BCUT2D eigenvalue weighted by atomic mass is 15.4. The van der Waals surface area contributed by atoms with Gasteiger partial charge in [-0.25, -0.2) is 0 Å². The van der Waals surface area contributed by atoms with Gasteiger partial charge >= 0.3 is 0 Å². The minimum atomic E-state index is 0.216. The van der Waals surface area contributed by atoms with Crippen molar-refractivity contribution in [2.45, 2.75) is 46.3 Å². The van der Waals surface area contributed by atoms with Crippen LogP contribution in [0.3, 0.4) is 0 Å². The van der Waals surface area contributed by atoms with Gasteiger partial charge in [-0.15, -0.1) is 0 Å². The first-order valence-electron chi connectivity index (χ1n) is 5.00. The SMILES string of the molecule is CC(C)N1CCNC1(C)C(C)C. The monoisotopic (exact) mass is 170 g/mol. The Labute approximate surface area is 76.3 Å². The number of rotatable bonds is 2. The van der Waals surface area contributed by atoms with Gasteiger partial charge in [0.1, 0.15) is 0 Å². The van der Waals surface area contributed by atoms with Crippen molar-refractivity contribution in [3.8, 4) is 0 Å². The molecule has 0 amide bonds. The largest absolute Gasteiger partial charge is 0.298 e.